The summed E-state index contributed by atoms with van der Waals surface area (Å²) < 4.78 is 37.4. The van der Waals surface area contributed by atoms with Crippen LogP contribution in [0, 0.1) is 41.5 Å². The number of sulfonamides is 1. The van der Waals surface area contributed by atoms with Crippen molar-refractivity contribution in [2.75, 3.05) is 116 Å². The standard InChI is InChI=1S/C16H22N2O.C14H20N2O2S.2C14H18N2O.C10H14O.C9H12.C8H7NO.C8H7NS/c1-13(19)18-10-7-14-5-3-4-6-15(14)16(18)8-11-17(2)12-9-16;1-15-9-7-14(8-10-15)11-16(19(2,17)18)13-6-4-3-5-12(13)14;1-15-9-7-14(8-10-15)11-5-3-4-6-12(11)16(2)13(14)17;1-16-8-6-14(7-9-16)12-5-3-2-4-11(12)10-13(17)15-14;1-8(2)11-10-6-4-5-9(3)7-10;1-7-4-8(2)6-9(3)5-7;2*1-6-2-3-8-7(4-6)9-5-10-8/h3-6H,7-12H2,1-2H3;3-6H,7-11H2,1-2H3;3-6H,7-10H2,1-2H3;2-5H,6-10H2,1H3,(H,15,17);4-8H,1-3H3;4-6H,1-3H3;2*2-5H,1H3. The Morgan fingerprint density at radius 3 is 1.64 bits per heavy atom. The maximum atomic E-state index is 12.6. The SMILES string of the molecule is CC(=O)N1CCc2ccccc2C12CCN(C)CC2.CN1CCC2(CC1)C(=O)N(C)c1ccccc12.CN1CCC2(CC1)CN(S(C)(=O)=O)c1ccccc12.CN1CCC2(CC1)NC(=O)Cc1ccccc12.Cc1cc(C)cc(C)c1.Cc1ccc2ocnc2c1.Cc1ccc2scnc2c1.Cc1cccc(OC(C)C)c1. The molecule has 19 heteroatoms. The highest BCUT2D eigenvalue weighted by molar-refractivity contribution is 7.92. The minimum atomic E-state index is -3.19. The van der Waals surface area contributed by atoms with Crippen LogP contribution >= 0.6 is 11.3 Å². The smallest absolute Gasteiger partial charge is 0.237 e. The van der Waals surface area contributed by atoms with Crippen molar-refractivity contribution < 1.29 is 32.0 Å². The molecule has 2 aromatic heterocycles. The lowest BCUT2D eigenvalue weighted by molar-refractivity contribution is -0.139. The average Bonchev–Trinajstić information content (AvgIpc) is 1.65. The van der Waals surface area contributed by atoms with E-state index >= 15 is 0 Å². The van der Waals surface area contributed by atoms with Gasteiger partial charge in [-0.1, -0.05) is 144 Å². The summed E-state index contributed by atoms with van der Waals surface area (Å²) in [6, 6.07) is 60.2. The van der Waals surface area contributed by atoms with E-state index in [1.807, 2.05) is 111 Å². The summed E-state index contributed by atoms with van der Waals surface area (Å²) in [4.78, 5) is 58.0. The van der Waals surface area contributed by atoms with Gasteiger partial charge in [0.1, 0.15) is 11.3 Å². The van der Waals surface area contributed by atoms with Gasteiger partial charge >= 0.3 is 0 Å². The van der Waals surface area contributed by atoms with E-state index in [0.717, 1.165) is 150 Å². The van der Waals surface area contributed by atoms with Crippen molar-refractivity contribution in [2.24, 2.45) is 0 Å². The molecule has 8 aromatic carbocycles. The topological polar surface area (TPSA) is 168 Å². The Balaban J connectivity index is 0.000000128. The lowest BCUT2D eigenvalue weighted by atomic mass is 9.74. The van der Waals surface area contributed by atoms with Gasteiger partial charge in [0.2, 0.25) is 27.7 Å². The van der Waals surface area contributed by atoms with Crippen molar-refractivity contribution in [3.05, 3.63) is 255 Å². The maximum absolute atomic E-state index is 12.6. The molecule has 8 aliphatic heterocycles. The summed E-state index contributed by atoms with van der Waals surface area (Å²) in [6.45, 7) is 28.1. The van der Waals surface area contributed by atoms with Crippen LogP contribution in [0.4, 0.5) is 11.4 Å². The van der Waals surface area contributed by atoms with Crippen LogP contribution in [0.2, 0.25) is 0 Å². The number of ether oxygens (including phenoxy) is 1. The van der Waals surface area contributed by atoms with Gasteiger partial charge in [0, 0.05) is 64.3 Å². The summed E-state index contributed by atoms with van der Waals surface area (Å²) in [5.41, 5.74) is 22.0. The van der Waals surface area contributed by atoms with E-state index in [1.54, 1.807) is 22.6 Å². The maximum Gasteiger partial charge on any atom is 0.237 e. The van der Waals surface area contributed by atoms with Crippen LogP contribution in [0.5, 0.6) is 5.75 Å². The summed E-state index contributed by atoms with van der Waals surface area (Å²) in [7, 11) is 7.27. The van der Waals surface area contributed by atoms with Crippen LogP contribution in [-0.2, 0) is 59.2 Å². The summed E-state index contributed by atoms with van der Waals surface area (Å²) >= 11 is 1.68. The molecule has 17 nitrogen and oxygen atoms in total. The molecule has 4 fully saturated rings. The molecule has 4 saturated heterocycles. The largest absolute Gasteiger partial charge is 0.491 e. The number of thiazole rings is 1. The van der Waals surface area contributed by atoms with E-state index in [1.165, 1.54) is 84.1 Å². The monoisotopic (exact) mass is 1550 g/mol. The Bertz CT molecular complexity index is 4840. The molecule has 1 N–H and O–H groups in total. The van der Waals surface area contributed by atoms with Gasteiger partial charge in [0.05, 0.1) is 56.7 Å². The van der Waals surface area contributed by atoms with E-state index in [0.29, 0.717) is 13.0 Å². The summed E-state index contributed by atoms with van der Waals surface area (Å²) in [5.74, 6) is 1.64. The Labute approximate surface area is 670 Å². The predicted octanol–water partition coefficient (Wildman–Crippen LogP) is 16.5. The Morgan fingerprint density at radius 1 is 0.527 bits per heavy atom. The Morgan fingerprint density at radius 2 is 1.04 bits per heavy atom. The number of likely N-dealkylation sites (tertiary alicyclic amines) is 4. The van der Waals surface area contributed by atoms with Crippen LogP contribution < -0.4 is 19.3 Å². The normalized spacial score (nSPS) is 18.3. The van der Waals surface area contributed by atoms with Crippen molar-refractivity contribution in [2.45, 2.75) is 155 Å². The number of oxazole rings is 1. The van der Waals surface area contributed by atoms with Gasteiger partial charge in [-0.15, -0.1) is 11.3 Å². The molecule has 4 spiro atoms. The molecule has 0 saturated carbocycles. The predicted molar refractivity (Wildman–Crippen MR) is 459 cm³/mol. The molecule has 8 aliphatic rings. The fourth-order valence-corrected chi connectivity index (χ4v) is 19.2. The second-order valence-corrected chi connectivity index (χ2v) is 35.4. The zero-order valence-corrected chi connectivity index (χ0v) is 70.4. The van der Waals surface area contributed by atoms with Gasteiger partial charge in [0.15, 0.2) is 12.0 Å². The van der Waals surface area contributed by atoms with E-state index in [9.17, 15) is 22.8 Å². The van der Waals surface area contributed by atoms with Crippen LogP contribution in [0.15, 0.2) is 192 Å². The van der Waals surface area contributed by atoms with Crippen molar-refractivity contribution in [3.63, 3.8) is 0 Å². The number of benzene rings is 8. The number of nitrogens with zero attached hydrogens (tertiary/aromatic N) is 9. The third kappa shape index (κ3) is 20.1. The number of para-hydroxylation sites is 2. The molecule has 10 aromatic rings. The quantitative estimate of drug-likeness (QED) is 0.178. The molecule has 594 valence electrons. The zero-order valence-electron chi connectivity index (χ0n) is 68.8. The molecular formula is C93H118N10O7S2. The first-order valence-electron chi connectivity index (χ1n) is 39.8. The van der Waals surface area contributed by atoms with Crippen LogP contribution in [-0.4, -0.2) is 174 Å². The second kappa shape index (κ2) is 36.8. The average molecular weight is 1550 g/mol. The third-order valence-corrected chi connectivity index (χ3v) is 25.4. The van der Waals surface area contributed by atoms with Gasteiger partial charge < -0.3 is 43.9 Å². The first-order valence-corrected chi connectivity index (χ1v) is 42.6. The fourth-order valence-electron chi connectivity index (χ4n) is 17.5. The van der Waals surface area contributed by atoms with Gasteiger partial charge in [-0.25, -0.2) is 18.4 Å². The first kappa shape index (κ1) is 83.8. The van der Waals surface area contributed by atoms with Crippen molar-refractivity contribution in [1.29, 1.82) is 0 Å². The number of anilines is 2. The molecule has 10 heterocycles. The van der Waals surface area contributed by atoms with Gasteiger partial charge in [0.25, 0.3) is 0 Å². The molecule has 18 rings (SSSR count). The number of rotatable bonds is 3. The van der Waals surface area contributed by atoms with E-state index in [-0.39, 0.29) is 45.7 Å². The molecule has 112 heavy (non-hydrogen) atoms. The van der Waals surface area contributed by atoms with Gasteiger partial charge in [-0.05, 0) is 266 Å². The number of aromatic nitrogens is 2. The lowest BCUT2D eigenvalue weighted by Gasteiger charge is -2.51. The highest BCUT2D eigenvalue weighted by Crippen LogP contribution is 2.50. The van der Waals surface area contributed by atoms with Gasteiger partial charge in [-0.3, -0.25) is 18.7 Å². The third-order valence-electron chi connectivity index (χ3n) is 23.5. The second-order valence-electron chi connectivity index (χ2n) is 32.6. The summed E-state index contributed by atoms with van der Waals surface area (Å²) in [5, 5.41) is 3.24. The molecule has 3 amide bonds. The highest BCUT2D eigenvalue weighted by atomic mass is 32.2. The van der Waals surface area contributed by atoms with Gasteiger partial charge in [-0.2, -0.15) is 0 Å². The Hall–Kier alpha value is -9.08. The lowest BCUT2D eigenvalue weighted by Crippen LogP contribution is -2.57. The molecule has 0 aliphatic carbocycles. The van der Waals surface area contributed by atoms with Crippen LogP contribution in [0.1, 0.15) is 139 Å². The Kier molecular flexibility index (Phi) is 27.6. The minimum Gasteiger partial charge on any atom is -0.491 e. The van der Waals surface area contributed by atoms with Crippen LogP contribution in [0.25, 0.3) is 21.3 Å². The van der Waals surface area contributed by atoms with Crippen molar-refractivity contribution >= 4 is 71.8 Å². The first-order chi connectivity index (χ1) is 53.5. The zero-order chi connectivity index (χ0) is 80.1. The number of carbonyl (C=O) groups excluding carboxylic acids is 3. The minimum absolute atomic E-state index is 0.0200. The number of aryl methyl sites for hydroxylation is 6. The molecule has 0 radical (unpaired) electrons. The van der Waals surface area contributed by atoms with E-state index in [4.69, 9.17) is 9.15 Å². The highest BCUT2D eigenvalue weighted by Gasteiger charge is 2.51. The number of carbonyl (C=O) groups is 3. The van der Waals surface area contributed by atoms with Crippen molar-refractivity contribution in [3.8, 4) is 5.75 Å². The molecular weight excluding hydrogens is 1430 g/mol. The fraction of sp³-hybridized carbons (Fsp3) is 0.430. The number of hydrogen-bond donors (Lipinski definition) is 1. The molecule has 0 atom stereocenters. The molecule has 0 bridgehead atoms. The van der Waals surface area contributed by atoms with E-state index in [2.05, 4.69) is 206 Å². The van der Waals surface area contributed by atoms with Crippen LogP contribution in [0.3, 0.4) is 0 Å². The number of amides is 3. The number of hydrogen-bond acceptors (Lipinski definition) is 14. The van der Waals surface area contributed by atoms with E-state index < -0.39 is 10.0 Å². The molecule has 0 unspecified atom stereocenters. The number of fused-ring (bicyclic) bond motifs is 10. The number of likely N-dealkylation sites (N-methyl/N-ethyl adjacent to an activating group) is 1. The van der Waals surface area contributed by atoms with Crippen molar-refractivity contribution in [1.82, 2.24) is 39.8 Å². The number of nitrogens with one attached hydrogen (secondary N) is 1. The summed E-state index contributed by atoms with van der Waals surface area (Å²) in [6.07, 6.45) is 12.7. The number of piperidine rings is 4.